The number of anilines is 1. The van der Waals surface area contributed by atoms with Crippen molar-refractivity contribution in [2.45, 2.75) is 39.0 Å². The number of aromatic nitrogens is 3. The molecular formula is C28H29F3N4O3. The van der Waals surface area contributed by atoms with E-state index in [0.29, 0.717) is 24.0 Å². The van der Waals surface area contributed by atoms with Crippen LogP contribution in [0.4, 0.5) is 18.9 Å². The lowest BCUT2D eigenvalue weighted by Gasteiger charge is -2.23. The van der Waals surface area contributed by atoms with E-state index in [1.54, 1.807) is 10.6 Å². The predicted molar refractivity (Wildman–Crippen MR) is 139 cm³/mol. The number of ether oxygens (including phenoxy) is 1. The Morgan fingerprint density at radius 1 is 1.08 bits per heavy atom. The molecule has 0 bridgehead atoms. The molecule has 200 valence electrons. The van der Waals surface area contributed by atoms with Crippen LogP contribution in [-0.2, 0) is 12.7 Å². The van der Waals surface area contributed by atoms with E-state index in [9.17, 15) is 23.1 Å². The maximum absolute atomic E-state index is 13.9. The minimum atomic E-state index is -4.57. The van der Waals surface area contributed by atoms with Gasteiger partial charge in [0.15, 0.2) is 0 Å². The molecular weight excluding hydrogens is 497 g/mol. The number of aryl methyl sites for hydroxylation is 2. The lowest BCUT2D eigenvalue weighted by atomic mass is 10.1. The second-order valence-electron chi connectivity index (χ2n) is 9.58. The van der Waals surface area contributed by atoms with Gasteiger partial charge in [-0.2, -0.15) is 13.2 Å². The molecule has 0 spiro atoms. The monoisotopic (exact) mass is 526 g/mol. The molecule has 4 aromatic rings. The van der Waals surface area contributed by atoms with E-state index >= 15 is 0 Å². The number of imidazole rings is 1. The lowest BCUT2D eigenvalue weighted by molar-refractivity contribution is -0.138. The number of para-hydroxylation sites is 1. The second kappa shape index (κ2) is 10.2. The van der Waals surface area contributed by atoms with Crippen molar-refractivity contribution in [3.8, 4) is 5.88 Å². The summed E-state index contributed by atoms with van der Waals surface area (Å²) in [5.74, 6) is 0.0986. The van der Waals surface area contributed by atoms with Crippen molar-refractivity contribution < 1.29 is 23.0 Å². The van der Waals surface area contributed by atoms with Gasteiger partial charge in [-0.05, 0) is 49.1 Å². The Labute approximate surface area is 217 Å². The molecule has 10 heteroatoms. The first-order chi connectivity index (χ1) is 18.2. The van der Waals surface area contributed by atoms with E-state index in [1.165, 1.54) is 29.0 Å². The van der Waals surface area contributed by atoms with Crippen molar-refractivity contribution in [2.24, 2.45) is 0 Å². The quantitative estimate of drug-likeness (QED) is 0.378. The summed E-state index contributed by atoms with van der Waals surface area (Å²) in [5.41, 5.74) is 3.04. The summed E-state index contributed by atoms with van der Waals surface area (Å²) >= 11 is 0. The van der Waals surface area contributed by atoms with Crippen LogP contribution < -0.4 is 15.3 Å². The maximum atomic E-state index is 13.9. The van der Waals surface area contributed by atoms with Gasteiger partial charge in [0.1, 0.15) is 12.1 Å². The number of hydrogen-bond acceptors (Lipinski definition) is 5. The first kappa shape index (κ1) is 25.8. The molecule has 5 rings (SSSR count). The molecule has 3 heterocycles. The third-order valence-electron chi connectivity index (χ3n) is 7.10. The molecule has 2 aromatic carbocycles. The maximum Gasteiger partial charge on any atom is 0.416 e. The van der Waals surface area contributed by atoms with E-state index in [-0.39, 0.29) is 37.2 Å². The summed E-state index contributed by atoms with van der Waals surface area (Å²) in [5, 5.41) is 9.29. The van der Waals surface area contributed by atoms with E-state index in [0.717, 1.165) is 29.4 Å². The zero-order valence-corrected chi connectivity index (χ0v) is 21.2. The van der Waals surface area contributed by atoms with E-state index in [4.69, 9.17) is 4.74 Å². The molecule has 38 heavy (non-hydrogen) atoms. The third-order valence-corrected chi connectivity index (χ3v) is 7.10. The van der Waals surface area contributed by atoms with Crippen LogP contribution in [0.2, 0.25) is 0 Å². The van der Waals surface area contributed by atoms with E-state index in [2.05, 4.69) is 35.9 Å². The molecule has 0 saturated carbocycles. The van der Waals surface area contributed by atoms with Crippen LogP contribution in [0.1, 0.15) is 34.7 Å². The fraction of sp³-hybridized carbons (Fsp3) is 0.357. The fourth-order valence-corrected chi connectivity index (χ4v) is 5.51. The zero-order chi connectivity index (χ0) is 27.0. The number of benzene rings is 2. The van der Waals surface area contributed by atoms with Crippen LogP contribution in [0, 0.1) is 13.8 Å². The number of pyridine rings is 1. The highest BCUT2D eigenvalue weighted by molar-refractivity contribution is 5.81. The number of aliphatic hydroxyl groups excluding tert-OH is 1. The molecule has 7 nitrogen and oxygen atoms in total. The molecule has 0 aliphatic carbocycles. The molecule has 1 aliphatic heterocycles. The van der Waals surface area contributed by atoms with Gasteiger partial charge >= 0.3 is 11.9 Å². The Morgan fingerprint density at radius 3 is 2.53 bits per heavy atom. The van der Waals surface area contributed by atoms with Crippen LogP contribution in [0.3, 0.4) is 0 Å². The Balaban J connectivity index is 1.62. The first-order valence-corrected chi connectivity index (χ1v) is 12.5. The molecule has 1 atom stereocenters. The van der Waals surface area contributed by atoms with Gasteiger partial charge in [0.25, 0.3) is 0 Å². The van der Waals surface area contributed by atoms with Gasteiger partial charge in [-0.3, -0.25) is 9.13 Å². The van der Waals surface area contributed by atoms with Crippen LogP contribution in [0.15, 0.2) is 59.5 Å². The van der Waals surface area contributed by atoms with Crippen LogP contribution in [0.25, 0.3) is 11.0 Å². The van der Waals surface area contributed by atoms with Gasteiger partial charge in [0, 0.05) is 25.0 Å². The topological polar surface area (TPSA) is 72.5 Å². The molecule has 1 saturated heterocycles. The highest BCUT2D eigenvalue weighted by atomic mass is 19.4. The summed E-state index contributed by atoms with van der Waals surface area (Å²) in [6.45, 7) is 4.81. The summed E-state index contributed by atoms with van der Waals surface area (Å²) < 4.78 is 49.9. The van der Waals surface area contributed by atoms with Gasteiger partial charge in [-0.1, -0.05) is 36.4 Å². The minimum absolute atomic E-state index is 0.0262. The van der Waals surface area contributed by atoms with Gasteiger partial charge in [0.05, 0.1) is 30.3 Å². The average Bonchev–Trinajstić information content (AvgIpc) is 3.45. The number of halogens is 3. The number of alkyl halides is 3. The lowest BCUT2D eigenvalue weighted by Crippen LogP contribution is -2.30. The molecule has 1 N–H and O–H groups in total. The minimum Gasteiger partial charge on any atom is -0.474 e. The van der Waals surface area contributed by atoms with Crippen molar-refractivity contribution in [3.05, 3.63) is 87.5 Å². The molecule has 1 aliphatic rings. The first-order valence-electron chi connectivity index (χ1n) is 12.5. The smallest absolute Gasteiger partial charge is 0.416 e. The third kappa shape index (κ3) is 4.64. The van der Waals surface area contributed by atoms with Crippen LogP contribution in [-0.4, -0.2) is 45.5 Å². The molecule has 1 fully saturated rings. The Bertz CT molecular complexity index is 1510. The number of rotatable bonds is 7. The summed E-state index contributed by atoms with van der Waals surface area (Å²) in [4.78, 5) is 20.4. The summed E-state index contributed by atoms with van der Waals surface area (Å²) in [6.07, 6.45) is -2.36. The number of hydrogen-bond donors (Lipinski definition) is 1. The van der Waals surface area contributed by atoms with Gasteiger partial charge in [-0.25, -0.2) is 9.78 Å². The van der Waals surface area contributed by atoms with Crippen LogP contribution >= 0.6 is 0 Å². The molecule has 0 radical (unpaired) electrons. The van der Waals surface area contributed by atoms with Gasteiger partial charge in [0.2, 0.25) is 5.88 Å². The van der Waals surface area contributed by atoms with E-state index < -0.39 is 17.4 Å². The predicted octanol–water partition coefficient (Wildman–Crippen LogP) is 4.70. The fourth-order valence-electron chi connectivity index (χ4n) is 5.51. The van der Waals surface area contributed by atoms with Crippen molar-refractivity contribution in [1.82, 2.24) is 14.1 Å². The van der Waals surface area contributed by atoms with Crippen molar-refractivity contribution >= 4 is 16.7 Å². The molecule has 0 amide bonds. The highest BCUT2D eigenvalue weighted by Gasteiger charge is 2.34. The largest absolute Gasteiger partial charge is 0.474 e. The van der Waals surface area contributed by atoms with E-state index in [1.807, 2.05) is 6.07 Å². The van der Waals surface area contributed by atoms with Gasteiger partial charge in [-0.15, -0.1) is 0 Å². The molecule has 1 unspecified atom stereocenters. The second-order valence-corrected chi connectivity index (χ2v) is 9.58. The van der Waals surface area contributed by atoms with Crippen molar-refractivity contribution in [1.29, 1.82) is 0 Å². The summed E-state index contributed by atoms with van der Waals surface area (Å²) in [7, 11) is 0. The zero-order valence-electron chi connectivity index (χ0n) is 21.2. The van der Waals surface area contributed by atoms with Crippen molar-refractivity contribution in [3.63, 3.8) is 0 Å². The Morgan fingerprint density at radius 2 is 1.82 bits per heavy atom. The SMILES string of the molecule is Cc1cccc(C)c1N1CCC(n2c(=O)n(Cc3ccccc3C(F)(F)F)c3c(OCCO)nccc32)C1. The number of aliphatic hydroxyl groups is 1. The Kier molecular flexibility index (Phi) is 6.92. The van der Waals surface area contributed by atoms with Crippen LogP contribution in [0.5, 0.6) is 5.88 Å². The number of fused-ring (bicyclic) bond motifs is 1. The van der Waals surface area contributed by atoms with Crippen molar-refractivity contribution in [2.75, 3.05) is 31.2 Å². The summed E-state index contributed by atoms with van der Waals surface area (Å²) in [6, 6.07) is 12.9. The number of nitrogens with zero attached hydrogens (tertiary/aromatic N) is 4. The Hall–Kier alpha value is -3.79. The van der Waals surface area contributed by atoms with Gasteiger partial charge < -0.3 is 14.7 Å². The standard InChI is InChI=1S/C28H29F3N4O3/c1-18-6-5-7-19(2)24(18)33-13-11-21(17-33)35-23-10-12-32-26(38-15-14-36)25(23)34(27(35)37)16-20-8-3-4-9-22(20)28(29,30)31/h3-10,12,21,36H,11,13-17H2,1-2H3. The molecule has 2 aromatic heterocycles. The normalized spacial score (nSPS) is 15.9. The average molecular weight is 527 g/mol. The highest BCUT2D eigenvalue weighted by Crippen LogP contribution is 2.35.